The van der Waals surface area contributed by atoms with E-state index in [1.807, 2.05) is 22.1 Å². The summed E-state index contributed by atoms with van der Waals surface area (Å²) in [4.78, 5) is 20.5. The molecule has 0 saturated heterocycles. The summed E-state index contributed by atoms with van der Waals surface area (Å²) in [6, 6.07) is 3.70. The van der Waals surface area contributed by atoms with Gasteiger partial charge in [-0.25, -0.2) is 9.78 Å². The zero-order chi connectivity index (χ0) is 13.2. The van der Waals surface area contributed by atoms with Gasteiger partial charge in [-0.1, -0.05) is 0 Å². The maximum Gasteiger partial charge on any atom is 0.348 e. The van der Waals surface area contributed by atoms with Crippen molar-refractivity contribution in [1.82, 2.24) is 14.5 Å². The number of ether oxygens (including phenoxy) is 1. The first-order valence-electron chi connectivity index (χ1n) is 5.82. The molecule has 0 bridgehead atoms. The Morgan fingerprint density at radius 3 is 3.26 bits per heavy atom. The number of carbonyl (C=O) groups excluding carboxylic acids is 1. The number of imidazole rings is 1. The molecule has 0 aliphatic rings. The Morgan fingerprint density at radius 1 is 1.53 bits per heavy atom. The van der Waals surface area contributed by atoms with Crippen molar-refractivity contribution in [1.29, 1.82) is 0 Å². The van der Waals surface area contributed by atoms with Gasteiger partial charge in [0, 0.05) is 11.6 Å². The third-order valence-electron chi connectivity index (χ3n) is 2.69. The van der Waals surface area contributed by atoms with Crippen LogP contribution in [-0.4, -0.2) is 27.1 Å². The van der Waals surface area contributed by atoms with Crippen LogP contribution >= 0.6 is 11.3 Å². The number of nitrogens with zero attached hydrogens (tertiary/aromatic N) is 3. The molecule has 0 amide bonds. The second-order valence-corrected chi connectivity index (χ2v) is 4.78. The van der Waals surface area contributed by atoms with Crippen molar-refractivity contribution >= 4 is 28.3 Å². The molecule has 0 N–H and O–H groups in total. The molecule has 96 valence electrons. The Labute approximate surface area is 113 Å². The van der Waals surface area contributed by atoms with E-state index in [-0.39, 0.29) is 5.97 Å². The first-order chi connectivity index (χ1) is 9.29. The Hall–Kier alpha value is -2.21. The van der Waals surface area contributed by atoms with Crippen LogP contribution in [0.15, 0.2) is 36.2 Å². The first kappa shape index (κ1) is 11.9. The van der Waals surface area contributed by atoms with Crippen LogP contribution in [0.3, 0.4) is 0 Å². The van der Waals surface area contributed by atoms with E-state index in [1.165, 1.54) is 11.3 Å². The van der Waals surface area contributed by atoms with Crippen LogP contribution in [-0.2, 0) is 4.74 Å². The van der Waals surface area contributed by atoms with Gasteiger partial charge in [0.1, 0.15) is 16.7 Å². The first-order valence-corrected chi connectivity index (χ1v) is 6.70. The van der Waals surface area contributed by atoms with Crippen molar-refractivity contribution < 1.29 is 9.53 Å². The Morgan fingerprint density at radius 2 is 2.42 bits per heavy atom. The fourth-order valence-corrected chi connectivity index (χ4v) is 2.60. The molecule has 19 heavy (non-hydrogen) atoms. The highest BCUT2D eigenvalue weighted by Crippen LogP contribution is 2.23. The smallest absolute Gasteiger partial charge is 0.348 e. The molecule has 0 fully saturated rings. The largest absolute Gasteiger partial charge is 0.462 e. The van der Waals surface area contributed by atoms with E-state index < -0.39 is 0 Å². The molecule has 3 rings (SSSR count). The lowest BCUT2D eigenvalue weighted by Gasteiger charge is -1.99. The van der Waals surface area contributed by atoms with Crippen molar-refractivity contribution in [2.45, 2.75) is 6.92 Å². The number of aromatic nitrogens is 3. The molecule has 6 heteroatoms. The fraction of sp³-hybridized carbons (Fsp3) is 0.154. The Balaban J connectivity index is 2.01. The Bertz CT molecular complexity index is 732. The lowest BCUT2D eigenvalue weighted by atomic mass is 10.3. The maximum absolute atomic E-state index is 11.6. The summed E-state index contributed by atoms with van der Waals surface area (Å²) < 4.78 is 6.91. The number of fused-ring (bicyclic) bond motifs is 1. The number of thiophene rings is 1. The second-order valence-electron chi connectivity index (χ2n) is 3.87. The molecule has 0 aromatic carbocycles. The minimum atomic E-state index is -0.287. The summed E-state index contributed by atoms with van der Waals surface area (Å²) in [5, 5.41) is 1.91. The van der Waals surface area contributed by atoms with Crippen LogP contribution in [0, 0.1) is 0 Å². The average molecular weight is 273 g/mol. The van der Waals surface area contributed by atoms with Gasteiger partial charge in [-0.3, -0.25) is 9.55 Å². The standard InChI is InChI=1S/C13H11N3O2S/c1-2-18-13(17)12-5-9(7-19-12)16-8-15-10-6-14-4-3-11(10)16/h3-8H,2H2,1H3. The van der Waals surface area contributed by atoms with Crippen LogP contribution in [0.25, 0.3) is 16.7 Å². The second kappa shape index (κ2) is 4.81. The van der Waals surface area contributed by atoms with Crippen LogP contribution < -0.4 is 0 Å². The van der Waals surface area contributed by atoms with Gasteiger partial charge in [0.25, 0.3) is 0 Å². The average Bonchev–Trinajstić information content (AvgIpc) is 3.05. The van der Waals surface area contributed by atoms with Crippen molar-refractivity contribution in [3.63, 3.8) is 0 Å². The molecule has 0 unspecified atom stereocenters. The molecule has 5 nitrogen and oxygen atoms in total. The number of carbonyl (C=O) groups is 1. The van der Waals surface area contributed by atoms with Gasteiger partial charge in [0.15, 0.2) is 0 Å². The van der Waals surface area contributed by atoms with Crippen molar-refractivity contribution in [2.75, 3.05) is 6.61 Å². The van der Waals surface area contributed by atoms with Crippen LogP contribution in [0.5, 0.6) is 0 Å². The quantitative estimate of drug-likeness (QED) is 0.688. The van der Waals surface area contributed by atoms with E-state index in [2.05, 4.69) is 9.97 Å². The van der Waals surface area contributed by atoms with Gasteiger partial charge in [-0.2, -0.15) is 0 Å². The topological polar surface area (TPSA) is 57.0 Å². The zero-order valence-electron chi connectivity index (χ0n) is 10.2. The minimum Gasteiger partial charge on any atom is -0.462 e. The lowest BCUT2D eigenvalue weighted by molar-refractivity contribution is 0.0532. The number of hydrogen-bond donors (Lipinski definition) is 0. The number of esters is 1. The van der Waals surface area contributed by atoms with Crippen molar-refractivity contribution in [3.8, 4) is 5.69 Å². The Kier molecular flexibility index (Phi) is 3.00. The normalized spacial score (nSPS) is 10.8. The molecule has 0 atom stereocenters. The summed E-state index contributed by atoms with van der Waals surface area (Å²) in [6.07, 6.45) is 5.16. The third kappa shape index (κ3) is 2.10. The van der Waals surface area contributed by atoms with Gasteiger partial charge in [0.2, 0.25) is 0 Å². The van der Waals surface area contributed by atoms with Gasteiger partial charge in [-0.05, 0) is 19.1 Å². The van der Waals surface area contributed by atoms with E-state index in [0.29, 0.717) is 11.5 Å². The molecule has 0 saturated carbocycles. The summed E-state index contributed by atoms with van der Waals surface area (Å²) in [5.74, 6) is -0.287. The third-order valence-corrected chi connectivity index (χ3v) is 3.59. The van der Waals surface area contributed by atoms with E-state index in [4.69, 9.17) is 4.74 Å². The van der Waals surface area contributed by atoms with Crippen LogP contribution in [0.2, 0.25) is 0 Å². The molecule has 0 spiro atoms. The molecule has 3 aromatic heterocycles. The van der Waals surface area contributed by atoms with Crippen LogP contribution in [0.1, 0.15) is 16.6 Å². The monoisotopic (exact) mass is 273 g/mol. The molecule has 0 aliphatic heterocycles. The number of rotatable bonds is 3. The summed E-state index contributed by atoms with van der Waals surface area (Å²) in [6.45, 7) is 2.18. The van der Waals surface area contributed by atoms with Gasteiger partial charge in [0.05, 0.1) is 24.0 Å². The van der Waals surface area contributed by atoms with Gasteiger partial charge < -0.3 is 4.74 Å². The predicted molar refractivity (Wildman–Crippen MR) is 72.7 cm³/mol. The maximum atomic E-state index is 11.6. The van der Waals surface area contributed by atoms with E-state index >= 15 is 0 Å². The highest BCUT2D eigenvalue weighted by molar-refractivity contribution is 7.12. The summed E-state index contributed by atoms with van der Waals surface area (Å²) in [7, 11) is 0. The lowest BCUT2D eigenvalue weighted by Crippen LogP contribution is -2.01. The summed E-state index contributed by atoms with van der Waals surface area (Å²) in [5.41, 5.74) is 2.69. The summed E-state index contributed by atoms with van der Waals surface area (Å²) >= 11 is 1.37. The fourth-order valence-electron chi connectivity index (χ4n) is 1.83. The van der Waals surface area contributed by atoms with E-state index in [1.54, 1.807) is 25.6 Å². The van der Waals surface area contributed by atoms with Crippen molar-refractivity contribution in [3.05, 3.63) is 41.1 Å². The molecule has 0 radical (unpaired) electrons. The molecular weight excluding hydrogens is 262 g/mol. The zero-order valence-corrected chi connectivity index (χ0v) is 11.1. The minimum absolute atomic E-state index is 0.287. The SMILES string of the molecule is CCOC(=O)c1cc(-n2cnc3cnccc32)cs1. The van der Waals surface area contributed by atoms with E-state index in [9.17, 15) is 4.79 Å². The molecule has 3 aromatic rings. The molecular formula is C13H11N3O2S. The van der Waals surface area contributed by atoms with Gasteiger partial charge >= 0.3 is 5.97 Å². The number of hydrogen-bond acceptors (Lipinski definition) is 5. The highest BCUT2D eigenvalue weighted by atomic mass is 32.1. The number of pyridine rings is 1. The van der Waals surface area contributed by atoms with Crippen LogP contribution in [0.4, 0.5) is 0 Å². The highest BCUT2D eigenvalue weighted by Gasteiger charge is 2.12. The predicted octanol–water partition coefficient (Wildman–Crippen LogP) is 2.66. The molecule has 0 aliphatic carbocycles. The molecule has 3 heterocycles. The van der Waals surface area contributed by atoms with Crippen molar-refractivity contribution in [2.24, 2.45) is 0 Å². The van der Waals surface area contributed by atoms with Gasteiger partial charge in [-0.15, -0.1) is 11.3 Å². The van der Waals surface area contributed by atoms with E-state index in [0.717, 1.165) is 16.7 Å².